The summed E-state index contributed by atoms with van der Waals surface area (Å²) in [4.78, 5) is 15.9. The number of hydrogen-bond donors (Lipinski definition) is 0. The highest BCUT2D eigenvalue weighted by molar-refractivity contribution is 6.09. The molecule has 0 saturated carbocycles. The van der Waals surface area contributed by atoms with Crippen molar-refractivity contribution in [1.82, 2.24) is 15.0 Å². The molecule has 0 fully saturated rings. The second-order valence-corrected chi connectivity index (χ2v) is 15.5. The van der Waals surface area contributed by atoms with Gasteiger partial charge in [-0.1, -0.05) is 176 Å². The topological polar surface area (TPSA) is 51.8 Å². The van der Waals surface area contributed by atoms with Crippen LogP contribution in [0, 0.1) is 0 Å². The summed E-state index contributed by atoms with van der Waals surface area (Å²) >= 11 is 0. The highest BCUT2D eigenvalue weighted by Gasteiger charge is 2.19. The summed E-state index contributed by atoms with van der Waals surface area (Å²) in [5.74, 6) is 1.86. The van der Waals surface area contributed by atoms with E-state index in [0.717, 1.165) is 82.1 Å². The number of fused-ring (bicyclic) bond motifs is 6. The molecule has 12 aromatic rings. The van der Waals surface area contributed by atoms with E-state index in [4.69, 9.17) is 19.4 Å². The zero-order valence-electron chi connectivity index (χ0n) is 33.0. The van der Waals surface area contributed by atoms with Crippen LogP contribution in [-0.4, -0.2) is 15.0 Å². The Labute approximate surface area is 352 Å². The Bertz CT molecular complexity index is 3650. The number of nitrogens with zero attached hydrogens (tertiary/aromatic N) is 3. The van der Waals surface area contributed by atoms with Gasteiger partial charge in [-0.3, -0.25) is 0 Å². The monoisotopic (exact) mass is 777 g/mol. The SMILES string of the molecule is c1ccc(-c2ccc3cc(-c4nc(-c5cccc6c(-c7ccccc7)cccc56)nc(-c5ccc(-c6ccc7c(c6)oc6ccccc67)c6ccccc56)n4)ccc3c2)cc1. The first-order valence-corrected chi connectivity index (χ1v) is 20.6. The fraction of sp³-hybridized carbons (Fsp3) is 0. The summed E-state index contributed by atoms with van der Waals surface area (Å²) < 4.78 is 6.32. The van der Waals surface area contributed by atoms with E-state index < -0.39 is 0 Å². The minimum absolute atomic E-state index is 0.617. The Kier molecular flexibility index (Phi) is 8.13. The molecule has 10 aromatic carbocycles. The molecule has 0 atom stereocenters. The molecule has 0 N–H and O–H groups in total. The van der Waals surface area contributed by atoms with Gasteiger partial charge in [0.15, 0.2) is 17.5 Å². The Morgan fingerprint density at radius 2 is 0.721 bits per heavy atom. The van der Waals surface area contributed by atoms with Crippen LogP contribution >= 0.6 is 0 Å². The molecule has 0 radical (unpaired) electrons. The largest absolute Gasteiger partial charge is 0.456 e. The molecule has 4 heteroatoms. The van der Waals surface area contributed by atoms with E-state index in [1.165, 1.54) is 22.3 Å². The molecular formula is C57H35N3O. The quantitative estimate of drug-likeness (QED) is 0.169. The second kappa shape index (κ2) is 14.3. The van der Waals surface area contributed by atoms with Gasteiger partial charge in [0.1, 0.15) is 11.2 Å². The maximum absolute atomic E-state index is 6.32. The van der Waals surface area contributed by atoms with Crippen LogP contribution in [0.15, 0.2) is 217 Å². The van der Waals surface area contributed by atoms with Crippen molar-refractivity contribution in [3.8, 4) is 67.5 Å². The molecule has 0 saturated heterocycles. The first-order valence-electron chi connectivity index (χ1n) is 20.6. The van der Waals surface area contributed by atoms with Crippen molar-refractivity contribution in [2.24, 2.45) is 0 Å². The summed E-state index contributed by atoms with van der Waals surface area (Å²) in [6, 6.07) is 74.7. The molecule has 284 valence electrons. The van der Waals surface area contributed by atoms with Crippen LogP contribution in [0.2, 0.25) is 0 Å². The lowest BCUT2D eigenvalue weighted by molar-refractivity contribution is 0.669. The molecule has 12 rings (SSSR count). The smallest absolute Gasteiger partial charge is 0.164 e. The zero-order chi connectivity index (χ0) is 40.3. The van der Waals surface area contributed by atoms with E-state index in [1.807, 2.05) is 12.1 Å². The molecule has 2 heterocycles. The standard InChI is InChI=1S/C57H35N3O/c1-3-13-36(14-4-1)38-25-26-40-34-42(28-27-39(40)33-38)55-58-56(51-23-12-21-46-43(20-11-22-48(46)51)37-15-5-2-6-16-37)60-57(59-55)52-32-31-44(45-17-7-8-18-47(45)52)41-29-30-50-49-19-9-10-24-53(49)61-54(50)35-41/h1-35H. The molecular weight excluding hydrogens is 743 g/mol. The fourth-order valence-electron chi connectivity index (χ4n) is 8.95. The number of para-hydroxylation sites is 1. The van der Waals surface area contributed by atoms with Gasteiger partial charge in [-0.05, 0) is 102 Å². The van der Waals surface area contributed by atoms with E-state index >= 15 is 0 Å². The Morgan fingerprint density at radius 1 is 0.246 bits per heavy atom. The predicted molar refractivity (Wildman–Crippen MR) is 252 cm³/mol. The number of furan rings is 1. The highest BCUT2D eigenvalue weighted by Crippen LogP contribution is 2.40. The average molecular weight is 778 g/mol. The minimum Gasteiger partial charge on any atom is -0.456 e. The van der Waals surface area contributed by atoms with E-state index in [1.54, 1.807) is 0 Å². The summed E-state index contributed by atoms with van der Waals surface area (Å²) in [7, 11) is 0. The number of hydrogen-bond acceptors (Lipinski definition) is 4. The van der Waals surface area contributed by atoms with Crippen LogP contribution in [0.5, 0.6) is 0 Å². The van der Waals surface area contributed by atoms with Crippen LogP contribution in [0.4, 0.5) is 0 Å². The van der Waals surface area contributed by atoms with Gasteiger partial charge in [0.05, 0.1) is 0 Å². The summed E-state index contributed by atoms with van der Waals surface area (Å²) in [5, 5.41) is 8.90. The fourth-order valence-corrected chi connectivity index (χ4v) is 8.95. The molecule has 0 aliphatic carbocycles. The third-order valence-corrected chi connectivity index (χ3v) is 11.9. The van der Waals surface area contributed by atoms with Crippen molar-refractivity contribution in [1.29, 1.82) is 0 Å². The van der Waals surface area contributed by atoms with Crippen molar-refractivity contribution in [3.05, 3.63) is 212 Å². The van der Waals surface area contributed by atoms with Crippen LogP contribution < -0.4 is 0 Å². The van der Waals surface area contributed by atoms with Crippen LogP contribution in [0.3, 0.4) is 0 Å². The van der Waals surface area contributed by atoms with Gasteiger partial charge in [-0.15, -0.1) is 0 Å². The zero-order valence-corrected chi connectivity index (χ0v) is 33.0. The molecule has 61 heavy (non-hydrogen) atoms. The van der Waals surface area contributed by atoms with Crippen molar-refractivity contribution in [2.75, 3.05) is 0 Å². The number of benzene rings is 10. The van der Waals surface area contributed by atoms with E-state index in [9.17, 15) is 0 Å². The van der Waals surface area contributed by atoms with Crippen molar-refractivity contribution < 1.29 is 4.42 Å². The predicted octanol–water partition coefficient (Wildman–Crippen LogP) is 15.2. The molecule has 0 bridgehead atoms. The lowest BCUT2D eigenvalue weighted by atomic mass is 9.94. The normalized spacial score (nSPS) is 11.6. The van der Waals surface area contributed by atoms with Gasteiger partial charge in [-0.2, -0.15) is 0 Å². The first-order chi connectivity index (χ1) is 30.2. The maximum atomic E-state index is 6.32. The maximum Gasteiger partial charge on any atom is 0.164 e. The van der Waals surface area contributed by atoms with Crippen LogP contribution in [-0.2, 0) is 0 Å². The minimum atomic E-state index is 0.617. The molecule has 0 spiro atoms. The third kappa shape index (κ3) is 6.04. The van der Waals surface area contributed by atoms with Crippen LogP contribution in [0.25, 0.3) is 122 Å². The van der Waals surface area contributed by atoms with E-state index in [2.05, 4.69) is 200 Å². The highest BCUT2D eigenvalue weighted by atomic mass is 16.3. The van der Waals surface area contributed by atoms with Gasteiger partial charge in [-0.25, -0.2) is 15.0 Å². The average Bonchev–Trinajstić information content (AvgIpc) is 3.71. The van der Waals surface area contributed by atoms with Crippen LogP contribution in [0.1, 0.15) is 0 Å². The summed E-state index contributed by atoms with van der Waals surface area (Å²) in [5.41, 5.74) is 11.5. The van der Waals surface area contributed by atoms with Crippen molar-refractivity contribution in [3.63, 3.8) is 0 Å². The second-order valence-electron chi connectivity index (χ2n) is 15.5. The first kappa shape index (κ1) is 34.8. The number of aromatic nitrogens is 3. The van der Waals surface area contributed by atoms with Crippen molar-refractivity contribution >= 4 is 54.3 Å². The van der Waals surface area contributed by atoms with Gasteiger partial charge >= 0.3 is 0 Å². The van der Waals surface area contributed by atoms with Gasteiger partial charge in [0.2, 0.25) is 0 Å². The molecule has 0 amide bonds. The molecule has 0 aliphatic rings. The number of rotatable bonds is 6. The van der Waals surface area contributed by atoms with Gasteiger partial charge in [0, 0.05) is 27.5 Å². The molecule has 2 aromatic heterocycles. The van der Waals surface area contributed by atoms with E-state index in [0.29, 0.717) is 17.5 Å². The lowest BCUT2D eigenvalue weighted by Gasteiger charge is -2.14. The molecule has 4 nitrogen and oxygen atoms in total. The lowest BCUT2D eigenvalue weighted by Crippen LogP contribution is -2.01. The Balaban J connectivity index is 1.04. The van der Waals surface area contributed by atoms with E-state index in [-0.39, 0.29) is 0 Å². The third-order valence-electron chi connectivity index (χ3n) is 11.9. The van der Waals surface area contributed by atoms with Gasteiger partial charge in [0.25, 0.3) is 0 Å². The Morgan fingerprint density at radius 3 is 1.44 bits per heavy atom. The molecule has 0 aliphatic heterocycles. The summed E-state index contributed by atoms with van der Waals surface area (Å²) in [6.45, 7) is 0. The molecule has 0 unspecified atom stereocenters. The Hall–Kier alpha value is -8.21. The van der Waals surface area contributed by atoms with Gasteiger partial charge < -0.3 is 4.42 Å². The summed E-state index contributed by atoms with van der Waals surface area (Å²) in [6.07, 6.45) is 0. The van der Waals surface area contributed by atoms with Crippen molar-refractivity contribution in [2.45, 2.75) is 0 Å².